The molecule has 0 aromatic heterocycles. The number of aryl methyl sites for hydroxylation is 1. The van der Waals surface area contributed by atoms with Gasteiger partial charge in [0.1, 0.15) is 12.4 Å². The van der Waals surface area contributed by atoms with E-state index in [0.717, 1.165) is 28.1 Å². The van der Waals surface area contributed by atoms with Gasteiger partial charge in [0.2, 0.25) is 0 Å². The van der Waals surface area contributed by atoms with Gasteiger partial charge in [0.15, 0.2) is 5.17 Å². The Bertz CT molecular complexity index is 1190. The third-order valence-corrected chi connectivity index (χ3v) is 6.10. The molecule has 3 aromatic rings. The van der Waals surface area contributed by atoms with Gasteiger partial charge in [-0.3, -0.25) is 4.79 Å². The van der Waals surface area contributed by atoms with E-state index in [-0.39, 0.29) is 5.91 Å². The zero-order valence-electron chi connectivity index (χ0n) is 17.2. The summed E-state index contributed by atoms with van der Waals surface area (Å²) in [6.07, 6.45) is 1.84. The van der Waals surface area contributed by atoms with Crippen LogP contribution in [0.5, 0.6) is 5.75 Å². The van der Waals surface area contributed by atoms with E-state index in [2.05, 4.69) is 29.4 Å². The lowest BCUT2D eigenvalue weighted by Crippen LogP contribution is -2.19. The number of halogens is 1. The fourth-order valence-corrected chi connectivity index (χ4v) is 4.09. The molecule has 156 valence electrons. The third kappa shape index (κ3) is 5.37. The van der Waals surface area contributed by atoms with Crippen molar-refractivity contribution in [1.82, 2.24) is 5.32 Å². The van der Waals surface area contributed by atoms with Gasteiger partial charge in [0.05, 0.1) is 10.6 Å². The van der Waals surface area contributed by atoms with Crippen LogP contribution in [-0.4, -0.2) is 11.1 Å². The molecule has 1 amide bonds. The Morgan fingerprint density at radius 2 is 1.84 bits per heavy atom. The molecule has 31 heavy (non-hydrogen) atoms. The Hall–Kier alpha value is -3.02. The van der Waals surface area contributed by atoms with Gasteiger partial charge in [-0.2, -0.15) is 0 Å². The molecular formula is C25H21ClN2O2S. The number of aliphatic imine (C=N–C) groups is 1. The minimum absolute atomic E-state index is 0.164. The van der Waals surface area contributed by atoms with Crippen LogP contribution >= 0.6 is 23.4 Å². The van der Waals surface area contributed by atoms with Gasteiger partial charge >= 0.3 is 0 Å². The van der Waals surface area contributed by atoms with E-state index in [9.17, 15) is 4.79 Å². The molecule has 0 spiro atoms. The summed E-state index contributed by atoms with van der Waals surface area (Å²) in [6.45, 7) is 4.49. The topological polar surface area (TPSA) is 50.7 Å². The van der Waals surface area contributed by atoms with Gasteiger partial charge in [0.25, 0.3) is 5.91 Å². The molecule has 0 bridgehead atoms. The first kappa shape index (κ1) is 21.2. The molecule has 1 fully saturated rings. The number of rotatable bonds is 5. The fraction of sp³-hybridized carbons (Fsp3) is 0.120. The SMILES string of the molecule is Cc1cccc(COc2ccc(/C=C3/SC(=Nc4cccc(Cl)c4C)NC3=O)cc2)c1. The van der Waals surface area contributed by atoms with Crippen LogP contribution in [0.4, 0.5) is 5.69 Å². The number of carbonyl (C=O) groups is 1. The maximum atomic E-state index is 12.4. The van der Waals surface area contributed by atoms with Crippen molar-refractivity contribution >= 4 is 46.2 Å². The second-order valence-corrected chi connectivity index (χ2v) is 8.65. The zero-order chi connectivity index (χ0) is 21.8. The lowest BCUT2D eigenvalue weighted by Gasteiger charge is -2.07. The molecule has 0 radical (unpaired) electrons. The smallest absolute Gasteiger partial charge is 0.264 e. The summed E-state index contributed by atoms with van der Waals surface area (Å²) in [5.41, 5.74) is 4.88. The molecule has 0 aliphatic carbocycles. The van der Waals surface area contributed by atoms with E-state index in [4.69, 9.17) is 16.3 Å². The molecular weight excluding hydrogens is 428 g/mol. The highest BCUT2D eigenvalue weighted by Crippen LogP contribution is 2.31. The number of ether oxygens (including phenoxy) is 1. The van der Waals surface area contributed by atoms with Gasteiger partial charge in [0, 0.05) is 5.02 Å². The van der Waals surface area contributed by atoms with Crippen LogP contribution in [0, 0.1) is 13.8 Å². The van der Waals surface area contributed by atoms with E-state index in [1.165, 1.54) is 17.3 Å². The highest BCUT2D eigenvalue weighted by molar-refractivity contribution is 8.18. The third-order valence-electron chi connectivity index (χ3n) is 4.78. The average molecular weight is 449 g/mol. The van der Waals surface area contributed by atoms with Crippen LogP contribution in [-0.2, 0) is 11.4 Å². The van der Waals surface area contributed by atoms with Gasteiger partial charge < -0.3 is 10.1 Å². The first-order chi connectivity index (χ1) is 15.0. The Labute approximate surface area is 191 Å². The Morgan fingerprint density at radius 1 is 1.06 bits per heavy atom. The number of amidine groups is 1. The summed E-state index contributed by atoms with van der Waals surface area (Å²) in [4.78, 5) is 17.5. The second-order valence-electron chi connectivity index (χ2n) is 7.21. The van der Waals surface area contributed by atoms with Crippen LogP contribution in [0.25, 0.3) is 6.08 Å². The van der Waals surface area contributed by atoms with Crippen molar-refractivity contribution in [2.75, 3.05) is 0 Å². The van der Waals surface area contributed by atoms with Gasteiger partial charge in [-0.15, -0.1) is 0 Å². The average Bonchev–Trinajstić information content (AvgIpc) is 3.09. The maximum Gasteiger partial charge on any atom is 0.264 e. The number of hydrogen-bond donors (Lipinski definition) is 1. The van der Waals surface area contributed by atoms with E-state index in [1.54, 1.807) is 0 Å². The van der Waals surface area contributed by atoms with Gasteiger partial charge in [-0.05, 0) is 72.6 Å². The molecule has 4 rings (SSSR count). The van der Waals surface area contributed by atoms with Crippen molar-refractivity contribution in [2.24, 2.45) is 4.99 Å². The highest BCUT2D eigenvalue weighted by atomic mass is 35.5. The fourth-order valence-electron chi connectivity index (χ4n) is 3.09. The van der Waals surface area contributed by atoms with Gasteiger partial charge in [-0.25, -0.2) is 4.99 Å². The molecule has 1 aliphatic heterocycles. The minimum Gasteiger partial charge on any atom is -0.489 e. The van der Waals surface area contributed by atoms with Crippen molar-refractivity contribution in [3.8, 4) is 5.75 Å². The molecule has 1 saturated heterocycles. The molecule has 0 saturated carbocycles. The van der Waals surface area contributed by atoms with E-state index >= 15 is 0 Å². The van der Waals surface area contributed by atoms with Crippen molar-refractivity contribution in [2.45, 2.75) is 20.5 Å². The molecule has 6 heteroatoms. The van der Waals surface area contributed by atoms with Crippen LogP contribution in [0.1, 0.15) is 22.3 Å². The largest absolute Gasteiger partial charge is 0.489 e. The zero-order valence-corrected chi connectivity index (χ0v) is 18.8. The summed E-state index contributed by atoms with van der Waals surface area (Å²) in [7, 11) is 0. The Kier molecular flexibility index (Phi) is 6.44. The number of nitrogens with zero attached hydrogens (tertiary/aromatic N) is 1. The summed E-state index contributed by atoms with van der Waals surface area (Å²) in [5.74, 6) is 0.620. The Balaban J connectivity index is 1.43. The molecule has 0 unspecified atom stereocenters. The highest BCUT2D eigenvalue weighted by Gasteiger charge is 2.24. The summed E-state index contributed by atoms with van der Waals surface area (Å²) in [5, 5.41) is 4.00. The van der Waals surface area contributed by atoms with Gasteiger partial charge in [-0.1, -0.05) is 59.6 Å². The number of benzene rings is 3. The van der Waals surface area contributed by atoms with Crippen LogP contribution in [0.15, 0.2) is 76.6 Å². The number of amides is 1. The predicted octanol–water partition coefficient (Wildman–Crippen LogP) is 6.43. The van der Waals surface area contributed by atoms with Crippen LogP contribution in [0.3, 0.4) is 0 Å². The van der Waals surface area contributed by atoms with Crippen molar-refractivity contribution in [3.05, 3.63) is 98.9 Å². The van der Waals surface area contributed by atoms with Crippen LogP contribution < -0.4 is 10.1 Å². The van der Waals surface area contributed by atoms with Crippen molar-refractivity contribution < 1.29 is 9.53 Å². The first-order valence-corrected chi connectivity index (χ1v) is 11.0. The first-order valence-electron chi connectivity index (χ1n) is 9.81. The molecule has 0 atom stereocenters. The quantitative estimate of drug-likeness (QED) is 0.457. The Morgan fingerprint density at radius 3 is 2.61 bits per heavy atom. The lowest BCUT2D eigenvalue weighted by molar-refractivity contribution is -0.115. The molecule has 1 aliphatic rings. The monoisotopic (exact) mass is 448 g/mol. The summed E-state index contributed by atoms with van der Waals surface area (Å²) >= 11 is 7.47. The summed E-state index contributed by atoms with van der Waals surface area (Å²) < 4.78 is 5.86. The number of hydrogen-bond acceptors (Lipinski definition) is 4. The number of nitrogens with one attached hydrogen (secondary N) is 1. The standard InChI is InChI=1S/C25H21ClN2O2S/c1-16-5-3-6-19(13-16)15-30-20-11-9-18(10-12-20)14-23-24(29)28-25(31-23)27-22-8-4-7-21(26)17(22)2/h3-14H,15H2,1-2H3,(H,27,28,29)/b23-14+. The molecule has 4 nitrogen and oxygen atoms in total. The number of thioether (sulfide) groups is 1. The maximum absolute atomic E-state index is 12.4. The predicted molar refractivity (Wildman–Crippen MR) is 129 cm³/mol. The molecule has 3 aromatic carbocycles. The minimum atomic E-state index is -0.164. The van der Waals surface area contributed by atoms with E-state index in [1.807, 2.05) is 67.6 Å². The lowest BCUT2D eigenvalue weighted by atomic mass is 10.1. The number of carbonyl (C=O) groups excluding carboxylic acids is 1. The van der Waals surface area contributed by atoms with Crippen molar-refractivity contribution in [1.29, 1.82) is 0 Å². The molecule has 1 N–H and O–H groups in total. The molecule has 1 heterocycles. The van der Waals surface area contributed by atoms with E-state index < -0.39 is 0 Å². The van der Waals surface area contributed by atoms with E-state index in [0.29, 0.717) is 21.7 Å². The summed E-state index contributed by atoms with van der Waals surface area (Å²) in [6, 6.07) is 21.5. The normalized spacial score (nSPS) is 16.0. The van der Waals surface area contributed by atoms with Crippen molar-refractivity contribution in [3.63, 3.8) is 0 Å². The van der Waals surface area contributed by atoms with Crippen LogP contribution in [0.2, 0.25) is 5.02 Å². The second kappa shape index (κ2) is 9.41.